The fraction of sp³-hybridized carbons (Fsp3) is 0.588. The molecule has 0 saturated carbocycles. The molecule has 2 heterocycles. The second-order valence-corrected chi connectivity index (χ2v) is 6.06. The monoisotopic (exact) mass is 340 g/mol. The van der Waals surface area contributed by atoms with Gasteiger partial charge in [0.15, 0.2) is 11.5 Å². The Morgan fingerprint density at radius 1 is 1.35 bits per heavy atom. The van der Waals surface area contributed by atoms with E-state index in [2.05, 4.69) is 17.6 Å². The Bertz CT molecular complexity index is 559. The zero-order valence-corrected chi connectivity index (χ0v) is 14.5. The van der Waals surface area contributed by atoms with Crippen molar-refractivity contribution in [3.05, 3.63) is 23.8 Å². The summed E-state index contributed by atoms with van der Waals surface area (Å²) in [6.07, 6.45) is 2.77. The van der Waals surface area contributed by atoms with E-state index in [1.54, 1.807) is 0 Å². The number of carbonyl (C=O) groups excluding carboxylic acids is 1. The number of ether oxygens (including phenoxy) is 2. The maximum absolute atomic E-state index is 12.6. The molecule has 2 aliphatic heterocycles. The van der Waals surface area contributed by atoms with Gasteiger partial charge >= 0.3 is 0 Å². The molecule has 1 fully saturated rings. The van der Waals surface area contributed by atoms with Gasteiger partial charge in [0.2, 0.25) is 5.91 Å². The molecular weight excluding hydrogens is 316 g/mol. The zero-order chi connectivity index (χ0) is 15.6. The van der Waals surface area contributed by atoms with Crippen LogP contribution in [0.5, 0.6) is 11.5 Å². The molecule has 128 valence electrons. The van der Waals surface area contributed by atoms with E-state index >= 15 is 0 Å². The van der Waals surface area contributed by atoms with Crippen LogP contribution in [0.3, 0.4) is 0 Å². The molecule has 1 aromatic carbocycles. The molecule has 0 aromatic heterocycles. The van der Waals surface area contributed by atoms with Crippen LogP contribution in [0.2, 0.25) is 0 Å². The number of carbonyl (C=O) groups is 1. The summed E-state index contributed by atoms with van der Waals surface area (Å²) in [5, 5.41) is 6.51. The number of halogens is 1. The number of hydrogen-bond donors (Lipinski definition) is 2. The summed E-state index contributed by atoms with van der Waals surface area (Å²) in [6, 6.07) is 5.80. The highest BCUT2D eigenvalue weighted by Gasteiger charge is 2.39. The van der Waals surface area contributed by atoms with Crippen LogP contribution in [0.15, 0.2) is 18.2 Å². The van der Waals surface area contributed by atoms with Crippen LogP contribution in [-0.4, -0.2) is 31.2 Å². The fourth-order valence-electron chi connectivity index (χ4n) is 3.21. The molecule has 2 aliphatic rings. The number of hydrogen-bond acceptors (Lipinski definition) is 4. The van der Waals surface area contributed by atoms with Crippen LogP contribution < -0.4 is 20.1 Å². The first-order valence-corrected chi connectivity index (χ1v) is 8.10. The normalized spacial score (nSPS) is 23.7. The Morgan fingerprint density at radius 2 is 2.09 bits per heavy atom. The van der Waals surface area contributed by atoms with Crippen LogP contribution in [0, 0.1) is 0 Å². The van der Waals surface area contributed by atoms with E-state index in [1.807, 2.05) is 25.1 Å². The number of rotatable bonds is 4. The molecular formula is C17H25ClN2O3. The number of benzene rings is 1. The maximum atomic E-state index is 12.6. The predicted molar refractivity (Wildman–Crippen MR) is 91.5 cm³/mol. The smallest absolute Gasteiger partial charge is 0.240 e. The molecule has 1 aromatic rings. The van der Waals surface area contributed by atoms with E-state index < -0.39 is 5.54 Å². The van der Waals surface area contributed by atoms with E-state index in [1.165, 1.54) is 0 Å². The van der Waals surface area contributed by atoms with Crippen molar-refractivity contribution < 1.29 is 14.3 Å². The summed E-state index contributed by atoms with van der Waals surface area (Å²) < 4.78 is 11.1. The summed E-state index contributed by atoms with van der Waals surface area (Å²) in [4.78, 5) is 12.6. The first-order valence-electron chi connectivity index (χ1n) is 8.10. The third-order valence-corrected chi connectivity index (χ3v) is 4.70. The average Bonchev–Trinajstić information content (AvgIpc) is 3.04. The number of amides is 1. The second kappa shape index (κ2) is 7.41. The average molecular weight is 341 g/mol. The minimum absolute atomic E-state index is 0. The molecule has 1 saturated heterocycles. The van der Waals surface area contributed by atoms with Gasteiger partial charge in [0.1, 0.15) is 13.2 Å². The van der Waals surface area contributed by atoms with E-state index in [0.717, 1.165) is 42.9 Å². The van der Waals surface area contributed by atoms with Gasteiger partial charge in [-0.05, 0) is 50.4 Å². The SMILES string of the molecule is CCC1(C(=O)NC(C)c2ccc3c(c2)OCCO3)CCCN1.Cl. The minimum Gasteiger partial charge on any atom is -0.486 e. The van der Waals surface area contributed by atoms with Gasteiger partial charge in [-0.3, -0.25) is 4.79 Å². The topological polar surface area (TPSA) is 59.6 Å². The van der Waals surface area contributed by atoms with Gasteiger partial charge in [-0.15, -0.1) is 12.4 Å². The fourth-order valence-corrected chi connectivity index (χ4v) is 3.21. The minimum atomic E-state index is -0.401. The lowest BCUT2D eigenvalue weighted by molar-refractivity contribution is -0.128. The zero-order valence-electron chi connectivity index (χ0n) is 13.7. The Hall–Kier alpha value is -1.46. The molecule has 3 rings (SSSR count). The summed E-state index contributed by atoms with van der Waals surface area (Å²) in [7, 11) is 0. The lowest BCUT2D eigenvalue weighted by Gasteiger charge is -2.29. The van der Waals surface area contributed by atoms with Gasteiger partial charge in [0.25, 0.3) is 0 Å². The molecule has 0 radical (unpaired) electrons. The van der Waals surface area contributed by atoms with E-state index in [-0.39, 0.29) is 24.4 Å². The van der Waals surface area contributed by atoms with Gasteiger partial charge in [-0.1, -0.05) is 13.0 Å². The Labute approximate surface area is 143 Å². The van der Waals surface area contributed by atoms with Crippen LogP contribution >= 0.6 is 12.4 Å². The molecule has 0 bridgehead atoms. The molecule has 2 unspecified atom stereocenters. The van der Waals surface area contributed by atoms with Gasteiger partial charge in [-0.2, -0.15) is 0 Å². The largest absolute Gasteiger partial charge is 0.486 e. The molecule has 1 amide bonds. The molecule has 5 nitrogen and oxygen atoms in total. The Morgan fingerprint density at radius 3 is 2.74 bits per heavy atom. The van der Waals surface area contributed by atoms with Crippen molar-refractivity contribution in [3.63, 3.8) is 0 Å². The summed E-state index contributed by atoms with van der Waals surface area (Å²) >= 11 is 0. The van der Waals surface area contributed by atoms with Crippen molar-refractivity contribution >= 4 is 18.3 Å². The van der Waals surface area contributed by atoms with Crippen LogP contribution in [0.1, 0.15) is 44.7 Å². The van der Waals surface area contributed by atoms with Crippen molar-refractivity contribution in [3.8, 4) is 11.5 Å². The predicted octanol–water partition coefficient (Wildman–Crippen LogP) is 2.59. The van der Waals surface area contributed by atoms with Crippen molar-refractivity contribution in [1.82, 2.24) is 10.6 Å². The number of fused-ring (bicyclic) bond motifs is 1. The molecule has 2 N–H and O–H groups in total. The quantitative estimate of drug-likeness (QED) is 0.884. The van der Waals surface area contributed by atoms with Crippen molar-refractivity contribution in [2.24, 2.45) is 0 Å². The number of nitrogens with one attached hydrogen (secondary N) is 2. The lowest BCUT2D eigenvalue weighted by atomic mass is 9.92. The van der Waals surface area contributed by atoms with Crippen molar-refractivity contribution in [1.29, 1.82) is 0 Å². The lowest BCUT2D eigenvalue weighted by Crippen LogP contribution is -2.53. The second-order valence-electron chi connectivity index (χ2n) is 6.06. The molecule has 0 spiro atoms. The van der Waals surface area contributed by atoms with Crippen molar-refractivity contribution in [2.75, 3.05) is 19.8 Å². The molecule has 0 aliphatic carbocycles. The van der Waals surface area contributed by atoms with Crippen LogP contribution in [0.25, 0.3) is 0 Å². The summed E-state index contributed by atoms with van der Waals surface area (Å²) in [5.74, 6) is 1.62. The van der Waals surface area contributed by atoms with Gasteiger partial charge in [-0.25, -0.2) is 0 Å². The molecule has 23 heavy (non-hydrogen) atoms. The third kappa shape index (κ3) is 3.56. The standard InChI is InChI=1S/C17H24N2O3.ClH/c1-3-17(7-4-8-18-17)16(20)19-12(2)13-5-6-14-15(11-13)22-10-9-21-14;/h5-6,11-12,18H,3-4,7-10H2,1-2H3,(H,19,20);1H. The molecule has 2 atom stereocenters. The van der Waals surface area contributed by atoms with Gasteiger partial charge in [0, 0.05) is 0 Å². The first kappa shape index (κ1) is 17.9. The first-order chi connectivity index (χ1) is 10.6. The maximum Gasteiger partial charge on any atom is 0.240 e. The Kier molecular flexibility index (Phi) is 5.76. The molecule has 6 heteroatoms. The third-order valence-electron chi connectivity index (χ3n) is 4.70. The van der Waals surface area contributed by atoms with Crippen LogP contribution in [0.4, 0.5) is 0 Å². The van der Waals surface area contributed by atoms with Gasteiger partial charge < -0.3 is 20.1 Å². The highest BCUT2D eigenvalue weighted by atomic mass is 35.5. The highest BCUT2D eigenvalue weighted by Crippen LogP contribution is 2.33. The summed E-state index contributed by atoms with van der Waals surface area (Å²) in [5.41, 5.74) is 0.629. The van der Waals surface area contributed by atoms with Crippen LogP contribution in [-0.2, 0) is 4.79 Å². The van der Waals surface area contributed by atoms with E-state index in [0.29, 0.717) is 13.2 Å². The summed E-state index contributed by atoms with van der Waals surface area (Å²) in [6.45, 7) is 6.14. The van der Waals surface area contributed by atoms with E-state index in [4.69, 9.17) is 9.47 Å². The van der Waals surface area contributed by atoms with Crippen molar-refractivity contribution in [2.45, 2.75) is 44.7 Å². The Balaban J connectivity index is 0.00000192. The highest BCUT2D eigenvalue weighted by molar-refractivity contribution is 5.87. The van der Waals surface area contributed by atoms with Gasteiger partial charge in [0.05, 0.1) is 11.6 Å². The van der Waals surface area contributed by atoms with E-state index in [9.17, 15) is 4.79 Å².